The van der Waals surface area contributed by atoms with Crippen LogP contribution in [0.2, 0.25) is 0 Å². The summed E-state index contributed by atoms with van der Waals surface area (Å²) in [7, 11) is 0. The van der Waals surface area contributed by atoms with Crippen LogP contribution in [-0.4, -0.2) is 24.3 Å². The Kier molecular flexibility index (Phi) is 2.39. The fourth-order valence-corrected chi connectivity index (χ4v) is 2.92. The molecule has 1 aliphatic carbocycles. The summed E-state index contributed by atoms with van der Waals surface area (Å²) >= 11 is 0. The predicted octanol–water partition coefficient (Wildman–Crippen LogP) is 2.33. The number of nitrogens with one attached hydrogen (secondary N) is 1. The van der Waals surface area contributed by atoms with Gasteiger partial charge in [-0.2, -0.15) is 0 Å². The van der Waals surface area contributed by atoms with Crippen LogP contribution in [-0.2, 0) is 4.74 Å². The van der Waals surface area contributed by atoms with Gasteiger partial charge in [0.15, 0.2) is 0 Å². The van der Waals surface area contributed by atoms with Crippen molar-refractivity contribution in [2.45, 2.75) is 64.7 Å². The van der Waals surface area contributed by atoms with Crippen molar-refractivity contribution in [2.24, 2.45) is 5.41 Å². The van der Waals surface area contributed by atoms with E-state index in [1.807, 2.05) is 0 Å². The molecule has 2 nitrogen and oxygen atoms in total. The van der Waals surface area contributed by atoms with E-state index in [9.17, 15) is 0 Å². The van der Waals surface area contributed by atoms with Crippen LogP contribution in [0.15, 0.2) is 0 Å². The van der Waals surface area contributed by atoms with Crippen LogP contribution in [0.3, 0.4) is 0 Å². The van der Waals surface area contributed by atoms with Crippen molar-refractivity contribution in [1.29, 1.82) is 0 Å². The minimum absolute atomic E-state index is 0.110. The molecule has 1 heterocycles. The van der Waals surface area contributed by atoms with Crippen molar-refractivity contribution in [3.8, 4) is 0 Å². The van der Waals surface area contributed by atoms with Gasteiger partial charge in [0.1, 0.15) is 0 Å². The topological polar surface area (TPSA) is 21.3 Å². The third kappa shape index (κ3) is 1.40. The van der Waals surface area contributed by atoms with Gasteiger partial charge in [-0.3, -0.25) is 0 Å². The molecule has 2 rings (SSSR count). The van der Waals surface area contributed by atoms with Crippen LogP contribution in [0.1, 0.15) is 47.0 Å². The molecule has 3 unspecified atom stereocenters. The minimum Gasteiger partial charge on any atom is -0.369 e. The number of ether oxygens (including phenoxy) is 1. The van der Waals surface area contributed by atoms with Crippen molar-refractivity contribution in [1.82, 2.24) is 5.32 Å². The molecular weight excluding hydrogens is 174 g/mol. The summed E-state index contributed by atoms with van der Waals surface area (Å²) in [6.45, 7) is 10.1. The van der Waals surface area contributed by atoms with E-state index in [4.69, 9.17) is 4.74 Å². The molecule has 0 aromatic heterocycles. The number of rotatable bonds is 0. The minimum atomic E-state index is 0.110. The zero-order valence-electron chi connectivity index (χ0n) is 9.89. The molecule has 1 N–H and O–H groups in total. The van der Waals surface area contributed by atoms with E-state index >= 15 is 0 Å². The van der Waals surface area contributed by atoms with Gasteiger partial charge in [-0.05, 0) is 38.5 Å². The Morgan fingerprint density at radius 1 is 1.21 bits per heavy atom. The quantitative estimate of drug-likeness (QED) is 0.643. The lowest BCUT2D eigenvalue weighted by atomic mass is 9.76. The summed E-state index contributed by atoms with van der Waals surface area (Å²) in [6, 6.07) is 0.497. The number of hydrogen-bond acceptors (Lipinski definition) is 2. The molecular formula is C12H23NO. The SMILES string of the molecule is CC1NCC2(CCCC2(C)C)OC1C. The van der Waals surface area contributed by atoms with Gasteiger partial charge in [0.25, 0.3) is 0 Å². The van der Waals surface area contributed by atoms with E-state index in [1.165, 1.54) is 19.3 Å². The summed E-state index contributed by atoms with van der Waals surface area (Å²) in [4.78, 5) is 0. The van der Waals surface area contributed by atoms with Crippen molar-refractivity contribution < 1.29 is 4.74 Å². The first-order chi connectivity index (χ1) is 6.47. The molecule has 1 saturated heterocycles. The van der Waals surface area contributed by atoms with E-state index in [0.717, 1.165) is 6.54 Å². The maximum absolute atomic E-state index is 6.30. The van der Waals surface area contributed by atoms with E-state index in [1.54, 1.807) is 0 Å². The normalized spacial score (nSPS) is 47.1. The Morgan fingerprint density at radius 2 is 1.93 bits per heavy atom. The van der Waals surface area contributed by atoms with Gasteiger partial charge in [0.05, 0.1) is 11.7 Å². The largest absolute Gasteiger partial charge is 0.369 e. The van der Waals surface area contributed by atoms with Crippen LogP contribution in [0, 0.1) is 5.41 Å². The summed E-state index contributed by atoms with van der Waals surface area (Å²) in [5.41, 5.74) is 0.452. The first-order valence-electron chi connectivity index (χ1n) is 5.88. The number of hydrogen-bond donors (Lipinski definition) is 1. The highest BCUT2D eigenvalue weighted by Gasteiger charge is 2.52. The van der Waals surface area contributed by atoms with Gasteiger partial charge in [-0.1, -0.05) is 13.8 Å². The molecule has 2 aliphatic rings. The lowest BCUT2D eigenvalue weighted by Gasteiger charge is -2.48. The van der Waals surface area contributed by atoms with Crippen LogP contribution in [0.25, 0.3) is 0 Å². The molecule has 0 aromatic carbocycles. The molecule has 0 radical (unpaired) electrons. The first kappa shape index (κ1) is 10.4. The smallest absolute Gasteiger partial charge is 0.0861 e. The molecule has 2 fully saturated rings. The third-order valence-corrected chi connectivity index (χ3v) is 4.44. The van der Waals surface area contributed by atoms with E-state index in [2.05, 4.69) is 33.0 Å². The second-order valence-electron chi connectivity index (χ2n) is 5.72. The highest BCUT2D eigenvalue weighted by atomic mass is 16.5. The van der Waals surface area contributed by atoms with Gasteiger partial charge in [-0.25, -0.2) is 0 Å². The van der Waals surface area contributed by atoms with Gasteiger partial charge in [0.2, 0.25) is 0 Å². The van der Waals surface area contributed by atoms with Gasteiger partial charge < -0.3 is 10.1 Å². The van der Waals surface area contributed by atoms with Crippen molar-refractivity contribution in [2.75, 3.05) is 6.54 Å². The first-order valence-corrected chi connectivity index (χ1v) is 5.88. The van der Waals surface area contributed by atoms with Crippen LogP contribution in [0.5, 0.6) is 0 Å². The molecule has 14 heavy (non-hydrogen) atoms. The van der Waals surface area contributed by atoms with E-state index < -0.39 is 0 Å². The zero-order chi connectivity index (χ0) is 10.4. The standard InChI is InChI=1S/C12H23NO/c1-9-10(2)14-12(8-13-9)7-5-6-11(12,3)4/h9-10,13H,5-8H2,1-4H3. The lowest BCUT2D eigenvalue weighted by Crippen LogP contribution is -2.61. The summed E-state index contributed by atoms with van der Waals surface area (Å²) in [5, 5.41) is 3.60. The molecule has 82 valence electrons. The lowest BCUT2D eigenvalue weighted by molar-refractivity contribution is -0.168. The van der Waals surface area contributed by atoms with Crippen LogP contribution in [0.4, 0.5) is 0 Å². The van der Waals surface area contributed by atoms with Crippen molar-refractivity contribution in [3.63, 3.8) is 0 Å². The molecule has 2 heteroatoms. The summed E-state index contributed by atoms with van der Waals surface area (Å²) in [6.07, 6.45) is 4.19. The van der Waals surface area contributed by atoms with Crippen LogP contribution < -0.4 is 5.32 Å². The zero-order valence-corrected chi connectivity index (χ0v) is 9.89. The fraction of sp³-hybridized carbons (Fsp3) is 1.00. The molecule has 0 aromatic rings. The Balaban J connectivity index is 2.17. The average molecular weight is 197 g/mol. The van der Waals surface area contributed by atoms with Gasteiger partial charge >= 0.3 is 0 Å². The second-order valence-corrected chi connectivity index (χ2v) is 5.72. The monoisotopic (exact) mass is 197 g/mol. The Bertz CT molecular complexity index is 226. The molecule has 3 atom stereocenters. The fourth-order valence-electron chi connectivity index (χ4n) is 2.92. The predicted molar refractivity (Wildman–Crippen MR) is 58.4 cm³/mol. The maximum atomic E-state index is 6.30. The Hall–Kier alpha value is -0.0800. The molecule has 0 bridgehead atoms. The third-order valence-electron chi connectivity index (χ3n) is 4.44. The molecule has 1 aliphatic heterocycles. The van der Waals surface area contributed by atoms with Gasteiger partial charge in [-0.15, -0.1) is 0 Å². The summed E-state index contributed by atoms with van der Waals surface area (Å²) < 4.78 is 6.30. The Morgan fingerprint density at radius 3 is 2.43 bits per heavy atom. The van der Waals surface area contributed by atoms with Gasteiger partial charge in [0, 0.05) is 12.6 Å². The van der Waals surface area contributed by atoms with E-state index in [0.29, 0.717) is 17.6 Å². The summed E-state index contributed by atoms with van der Waals surface area (Å²) in [5.74, 6) is 0. The second kappa shape index (κ2) is 3.21. The molecule has 1 saturated carbocycles. The highest BCUT2D eigenvalue weighted by molar-refractivity contribution is 5.05. The maximum Gasteiger partial charge on any atom is 0.0861 e. The van der Waals surface area contributed by atoms with Crippen molar-refractivity contribution >= 4 is 0 Å². The molecule has 0 amide bonds. The van der Waals surface area contributed by atoms with Crippen molar-refractivity contribution in [3.05, 3.63) is 0 Å². The number of morpholine rings is 1. The van der Waals surface area contributed by atoms with Crippen LogP contribution >= 0.6 is 0 Å². The Labute approximate surface area is 87.4 Å². The molecule has 1 spiro atoms. The van der Waals surface area contributed by atoms with E-state index in [-0.39, 0.29) is 5.60 Å². The highest BCUT2D eigenvalue weighted by Crippen LogP contribution is 2.49. The average Bonchev–Trinajstić information content (AvgIpc) is 2.36.